The summed E-state index contributed by atoms with van der Waals surface area (Å²) in [6.45, 7) is 0.538. The highest BCUT2D eigenvalue weighted by Gasteiger charge is 2.09. The number of carbonyl (C=O) groups is 1. The van der Waals surface area contributed by atoms with E-state index in [1.54, 1.807) is 18.1 Å². The van der Waals surface area contributed by atoms with Crippen molar-refractivity contribution in [1.29, 1.82) is 0 Å². The van der Waals surface area contributed by atoms with Gasteiger partial charge in [-0.15, -0.1) is 0 Å². The van der Waals surface area contributed by atoms with Crippen molar-refractivity contribution < 1.29 is 4.79 Å². The topological polar surface area (TPSA) is 59.2 Å². The number of rotatable bonds is 5. The number of nitrogen functional groups attached to an aromatic ring is 1. The van der Waals surface area contributed by atoms with Crippen molar-refractivity contribution >= 4 is 11.6 Å². The molecule has 0 aliphatic heterocycles. The molecule has 2 aromatic rings. The second-order valence-corrected chi connectivity index (χ2v) is 4.82. The first kappa shape index (κ1) is 14.1. The van der Waals surface area contributed by atoms with Gasteiger partial charge in [0.05, 0.1) is 12.2 Å². The molecule has 1 heterocycles. The molecule has 0 bridgehead atoms. The molecule has 4 nitrogen and oxygen atoms in total. The largest absolute Gasteiger partial charge is 0.399 e. The van der Waals surface area contributed by atoms with Gasteiger partial charge in [0.2, 0.25) is 5.91 Å². The third kappa shape index (κ3) is 4.09. The first-order valence-corrected chi connectivity index (χ1v) is 6.63. The minimum Gasteiger partial charge on any atom is -0.399 e. The monoisotopic (exact) mass is 269 g/mol. The fourth-order valence-corrected chi connectivity index (χ4v) is 2.01. The van der Waals surface area contributed by atoms with E-state index in [1.165, 1.54) is 0 Å². The van der Waals surface area contributed by atoms with Gasteiger partial charge in [-0.2, -0.15) is 0 Å². The minimum atomic E-state index is 0.109. The van der Waals surface area contributed by atoms with Crippen molar-refractivity contribution in [3.8, 4) is 0 Å². The van der Waals surface area contributed by atoms with Crippen LogP contribution in [0.2, 0.25) is 0 Å². The highest BCUT2D eigenvalue weighted by atomic mass is 16.2. The lowest BCUT2D eigenvalue weighted by Gasteiger charge is -2.16. The van der Waals surface area contributed by atoms with Crippen LogP contribution in [0.4, 0.5) is 5.69 Å². The number of nitrogens with two attached hydrogens (primary N) is 1. The average molecular weight is 269 g/mol. The molecule has 2 N–H and O–H groups in total. The van der Waals surface area contributed by atoms with E-state index in [0.717, 1.165) is 16.9 Å². The standard InChI is InChI=1S/C16H19N3O/c1-19(12-15-7-2-3-10-18-15)16(20)9-8-13-5-4-6-14(17)11-13/h2-7,10-11H,8-9,12,17H2,1H3. The molecule has 2 rings (SSSR count). The van der Waals surface area contributed by atoms with Gasteiger partial charge in [0.1, 0.15) is 0 Å². The molecule has 0 radical (unpaired) electrons. The molecule has 4 heteroatoms. The van der Waals surface area contributed by atoms with E-state index in [-0.39, 0.29) is 5.91 Å². The Bertz CT molecular complexity index is 569. The van der Waals surface area contributed by atoms with Gasteiger partial charge in [-0.3, -0.25) is 9.78 Å². The molecular formula is C16H19N3O. The van der Waals surface area contributed by atoms with E-state index in [2.05, 4.69) is 4.98 Å². The van der Waals surface area contributed by atoms with Crippen molar-refractivity contribution in [2.24, 2.45) is 0 Å². The molecule has 0 aliphatic carbocycles. The lowest BCUT2D eigenvalue weighted by Crippen LogP contribution is -2.26. The zero-order valence-electron chi connectivity index (χ0n) is 11.6. The van der Waals surface area contributed by atoms with Crippen LogP contribution in [-0.2, 0) is 17.8 Å². The van der Waals surface area contributed by atoms with Gasteiger partial charge >= 0.3 is 0 Å². The Kier molecular flexibility index (Phi) is 4.71. The molecule has 0 atom stereocenters. The maximum atomic E-state index is 12.1. The Morgan fingerprint density at radius 3 is 2.80 bits per heavy atom. The molecule has 0 fully saturated rings. The fourth-order valence-electron chi connectivity index (χ4n) is 2.01. The van der Waals surface area contributed by atoms with Gasteiger partial charge in [0.15, 0.2) is 0 Å². The molecule has 20 heavy (non-hydrogen) atoms. The summed E-state index contributed by atoms with van der Waals surface area (Å²) in [6.07, 6.45) is 2.92. The van der Waals surface area contributed by atoms with Crippen LogP contribution in [0.1, 0.15) is 17.7 Å². The van der Waals surface area contributed by atoms with E-state index < -0.39 is 0 Å². The second-order valence-electron chi connectivity index (χ2n) is 4.82. The maximum absolute atomic E-state index is 12.1. The molecule has 0 unspecified atom stereocenters. The first-order chi connectivity index (χ1) is 9.65. The van der Waals surface area contributed by atoms with E-state index >= 15 is 0 Å². The van der Waals surface area contributed by atoms with Crippen molar-refractivity contribution in [3.63, 3.8) is 0 Å². The number of anilines is 1. The van der Waals surface area contributed by atoms with Gasteiger partial charge in [-0.25, -0.2) is 0 Å². The highest BCUT2D eigenvalue weighted by molar-refractivity contribution is 5.76. The Labute approximate surface area is 119 Å². The first-order valence-electron chi connectivity index (χ1n) is 6.63. The van der Waals surface area contributed by atoms with Gasteiger partial charge < -0.3 is 10.6 Å². The van der Waals surface area contributed by atoms with Gasteiger partial charge in [-0.05, 0) is 36.2 Å². The number of hydrogen-bond donors (Lipinski definition) is 1. The highest BCUT2D eigenvalue weighted by Crippen LogP contribution is 2.10. The predicted molar refractivity (Wildman–Crippen MR) is 79.9 cm³/mol. The summed E-state index contributed by atoms with van der Waals surface area (Å²) in [5.41, 5.74) is 8.44. The number of aryl methyl sites for hydroxylation is 1. The van der Waals surface area contributed by atoms with Crippen molar-refractivity contribution in [3.05, 3.63) is 59.9 Å². The third-order valence-electron chi connectivity index (χ3n) is 3.13. The van der Waals surface area contributed by atoms with Gasteiger partial charge in [0, 0.05) is 25.4 Å². The van der Waals surface area contributed by atoms with Crippen LogP contribution in [0.5, 0.6) is 0 Å². The molecule has 0 aliphatic rings. The molecule has 1 aromatic heterocycles. The van der Waals surface area contributed by atoms with E-state index in [1.807, 2.05) is 42.5 Å². The summed E-state index contributed by atoms with van der Waals surface area (Å²) >= 11 is 0. The lowest BCUT2D eigenvalue weighted by atomic mass is 10.1. The predicted octanol–water partition coefficient (Wildman–Crippen LogP) is 2.25. The summed E-state index contributed by atoms with van der Waals surface area (Å²) in [5.74, 6) is 0.109. The summed E-state index contributed by atoms with van der Waals surface area (Å²) in [5, 5.41) is 0. The fraction of sp³-hybridized carbons (Fsp3) is 0.250. The molecule has 104 valence electrons. The van der Waals surface area contributed by atoms with Gasteiger partial charge in [0.25, 0.3) is 0 Å². The Hall–Kier alpha value is -2.36. The summed E-state index contributed by atoms with van der Waals surface area (Å²) in [4.78, 5) is 18.0. The van der Waals surface area contributed by atoms with Crippen LogP contribution >= 0.6 is 0 Å². The Morgan fingerprint density at radius 2 is 2.10 bits per heavy atom. The number of amides is 1. The van der Waals surface area contributed by atoms with E-state index in [4.69, 9.17) is 5.73 Å². The number of carbonyl (C=O) groups excluding carboxylic acids is 1. The molecule has 0 saturated carbocycles. The van der Waals surface area contributed by atoms with Crippen molar-refractivity contribution in [2.45, 2.75) is 19.4 Å². The molecule has 1 amide bonds. The maximum Gasteiger partial charge on any atom is 0.222 e. The van der Waals surface area contributed by atoms with Crippen LogP contribution < -0.4 is 5.73 Å². The van der Waals surface area contributed by atoms with Crippen LogP contribution in [0.3, 0.4) is 0 Å². The summed E-state index contributed by atoms with van der Waals surface area (Å²) < 4.78 is 0. The molecular weight excluding hydrogens is 250 g/mol. The second kappa shape index (κ2) is 6.70. The Morgan fingerprint density at radius 1 is 1.25 bits per heavy atom. The molecule has 0 spiro atoms. The molecule has 1 aromatic carbocycles. The van der Waals surface area contributed by atoms with E-state index in [9.17, 15) is 4.79 Å². The number of hydrogen-bond acceptors (Lipinski definition) is 3. The quantitative estimate of drug-likeness (QED) is 0.847. The van der Waals surface area contributed by atoms with Crippen molar-refractivity contribution in [2.75, 3.05) is 12.8 Å². The number of aromatic nitrogens is 1. The minimum absolute atomic E-state index is 0.109. The summed E-state index contributed by atoms with van der Waals surface area (Å²) in [7, 11) is 1.80. The van der Waals surface area contributed by atoms with Crippen LogP contribution in [0.25, 0.3) is 0 Å². The van der Waals surface area contributed by atoms with Crippen molar-refractivity contribution in [1.82, 2.24) is 9.88 Å². The zero-order chi connectivity index (χ0) is 14.4. The van der Waals surface area contributed by atoms with Crippen LogP contribution in [0.15, 0.2) is 48.7 Å². The SMILES string of the molecule is CN(Cc1ccccn1)C(=O)CCc1cccc(N)c1. The number of pyridine rings is 1. The molecule has 0 saturated heterocycles. The normalized spacial score (nSPS) is 10.2. The summed E-state index contributed by atoms with van der Waals surface area (Å²) in [6, 6.07) is 13.4. The van der Waals surface area contributed by atoms with E-state index in [0.29, 0.717) is 19.4 Å². The number of benzene rings is 1. The number of nitrogens with zero attached hydrogens (tertiary/aromatic N) is 2. The third-order valence-corrected chi connectivity index (χ3v) is 3.13. The zero-order valence-corrected chi connectivity index (χ0v) is 11.6. The smallest absolute Gasteiger partial charge is 0.222 e. The van der Waals surface area contributed by atoms with Gasteiger partial charge in [-0.1, -0.05) is 18.2 Å². The average Bonchev–Trinajstić information content (AvgIpc) is 2.46. The van der Waals surface area contributed by atoms with Crippen LogP contribution in [0, 0.1) is 0 Å². The lowest BCUT2D eigenvalue weighted by molar-refractivity contribution is -0.130. The van der Waals surface area contributed by atoms with Crippen LogP contribution in [-0.4, -0.2) is 22.8 Å². The Balaban J connectivity index is 1.85.